The Bertz CT molecular complexity index is 1170. The van der Waals surface area contributed by atoms with Gasteiger partial charge in [-0.3, -0.25) is 4.90 Å². The molecule has 0 spiro atoms. The fourth-order valence-electron chi connectivity index (χ4n) is 4.39. The maximum Gasteiger partial charge on any atom is 0.335 e. The molecule has 4 rings (SSSR count). The molecule has 0 saturated carbocycles. The number of aliphatic hydroxyl groups excluding tert-OH is 3. The Labute approximate surface area is 190 Å². The van der Waals surface area contributed by atoms with Gasteiger partial charge >= 0.3 is 5.97 Å². The summed E-state index contributed by atoms with van der Waals surface area (Å²) in [6.07, 6.45) is -8.35. The molecule has 3 heterocycles. The highest BCUT2D eigenvalue weighted by molar-refractivity contribution is 5.74. The molecule has 1 fully saturated rings. The molecule has 0 unspecified atom stereocenters. The predicted octanol–water partition coefficient (Wildman–Crippen LogP) is 0.999. The van der Waals surface area contributed by atoms with Crippen molar-refractivity contribution in [2.24, 2.45) is 7.05 Å². The van der Waals surface area contributed by atoms with Crippen LogP contribution in [0.2, 0.25) is 0 Å². The molecule has 0 radical (unpaired) electrons. The summed E-state index contributed by atoms with van der Waals surface area (Å²) in [5.41, 5.74) is 2.50. The van der Waals surface area contributed by atoms with Crippen LogP contribution in [0.15, 0.2) is 42.8 Å². The predicted molar refractivity (Wildman–Crippen MR) is 116 cm³/mol. The second-order valence-corrected chi connectivity index (χ2v) is 8.64. The fourth-order valence-corrected chi connectivity index (χ4v) is 4.39. The molecular formula is C23H25N3O7. The first kappa shape index (κ1) is 22.8. The Morgan fingerprint density at radius 2 is 1.85 bits per heavy atom. The number of aliphatic hydroxyl groups is 3. The zero-order chi connectivity index (χ0) is 24.2. The van der Waals surface area contributed by atoms with Gasteiger partial charge < -0.3 is 34.5 Å². The Morgan fingerprint density at radius 1 is 1.15 bits per heavy atom. The van der Waals surface area contributed by atoms with Crippen LogP contribution in [0.3, 0.4) is 0 Å². The number of rotatable bonds is 3. The number of carboxylic acid groups (broad SMARTS) is 1. The summed E-state index contributed by atoms with van der Waals surface area (Å²) < 4.78 is 13.3. The van der Waals surface area contributed by atoms with Gasteiger partial charge in [-0.15, -0.1) is 0 Å². The molecule has 1 saturated heterocycles. The molecule has 10 nitrogen and oxygen atoms in total. The van der Waals surface area contributed by atoms with Crippen molar-refractivity contribution >= 4 is 11.7 Å². The molecule has 2 aromatic rings. The number of nitriles is 1. The number of ether oxygens (including phenoxy) is 2. The van der Waals surface area contributed by atoms with Crippen molar-refractivity contribution in [2.45, 2.75) is 50.1 Å². The number of anilines is 1. The van der Waals surface area contributed by atoms with Crippen molar-refractivity contribution in [1.82, 2.24) is 4.57 Å². The minimum absolute atomic E-state index is 0.0858. The third-order valence-corrected chi connectivity index (χ3v) is 6.16. The van der Waals surface area contributed by atoms with E-state index in [1.807, 2.05) is 32.0 Å². The van der Waals surface area contributed by atoms with E-state index in [4.69, 9.17) is 9.47 Å². The minimum Gasteiger partial charge on any atom is -0.479 e. The van der Waals surface area contributed by atoms with Crippen LogP contribution in [0.1, 0.15) is 25.1 Å². The topological polar surface area (TPSA) is 148 Å². The first-order valence-corrected chi connectivity index (χ1v) is 10.3. The standard InChI is InChI=1S/C23H25N3O7/c1-11-26(21-19(29)17(27)18(28)20(32-21)22(30)31)16-7-5-12(9-14(16)23(2,3)33-11)15-8-6-13(10-24)25(15)4/h5-9,17-21,27-29H,1H2,2-4H3,(H,30,31)/t17-,18-,19+,20-,21+/m0/s1. The summed E-state index contributed by atoms with van der Waals surface area (Å²) in [5.74, 6) is -1.39. The van der Waals surface area contributed by atoms with Gasteiger partial charge in [-0.25, -0.2) is 4.79 Å². The first-order valence-electron chi connectivity index (χ1n) is 10.3. The van der Waals surface area contributed by atoms with Crippen molar-refractivity contribution in [3.63, 3.8) is 0 Å². The normalized spacial score (nSPS) is 28.6. The lowest BCUT2D eigenvalue weighted by molar-refractivity contribution is -0.228. The van der Waals surface area contributed by atoms with Gasteiger partial charge in [0.25, 0.3) is 0 Å². The molecular weight excluding hydrogens is 430 g/mol. The lowest BCUT2D eigenvalue weighted by Gasteiger charge is -2.49. The van der Waals surface area contributed by atoms with Gasteiger partial charge in [0.15, 0.2) is 18.2 Å². The van der Waals surface area contributed by atoms with E-state index in [-0.39, 0.29) is 5.88 Å². The molecule has 1 aromatic heterocycles. The number of benzene rings is 1. The summed E-state index contributed by atoms with van der Waals surface area (Å²) in [4.78, 5) is 12.9. The maximum absolute atomic E-state index is 11.6. The molecule has 33 heavy (non-hydrogen) atoms. The summed E-state index contributed by atoms with van der Waals surface area (Å²) in [6, 6.07) is 11.1. The van der Waals surface area contributed by atoms with E-state index >= 15 is 0 Å². The van der Waals surface area contributed by atoms with Gasteiger partial charge in [-0.05, 0) is 50.3 Å². The van der Waals surface area contributed by atoms with Crippen LogP contribution in [0.4, 0.5) is 5.69 Å². The molecule has 2 aliphatic heterocycles. The number of hydrogen-bond donors (Lipinski definition) is 4. The minimum atomic E-state index is -1.81. The monoisotopic (exact) mass is 455 g/mol. The van der Waals surface area contributed by atoms with Crippen LogP contribution >= 0.6 is 0 Å². The second kappa shape index (κ2) is 7.90. The van der Waals surface area contributed by atoms with Crippen LogP contribution in [0.25, 0.3) is 11.3 Å². The first-order chi connectivity index (χ1) is 15.5. The number of nitrogens with zero attached hydrogens (tertiary/aromatic N) is 3. The third-order valence-electron chi connectivity index (χ3n) is 6.16. The lowest BCUT2D eigenvalue weighted by atomic mass is 9.90. The number of carbonyl (C=O) groups is 1. The van der Waals surface area contributed by atoms with Gasteiger partial charge in [-0.1, -0.05) is 6.07 Å². The van der Waals surface area contributed by atoms with Crippen LogP contribution in [0.5, 0.6) is 0 Å². The SMILES string of the molecule is C=C1OC(C)(C)c2cc(-c3ccc(C#N)n3C)ccc2N1[C@@H]1O[C@H](C(=O)O)[C@@H](O)[C@H](O)[C@H]1O. The van der Waals surface area contributed by atoms with E-state index in [1.165, 1.54) is 4.90 Å². The average Bonchev–Trinajstić information content (AvgIpc) is 3.13. The molecule has 2 aliphatic rings. The van der Waals surface area contributed by atoms with Gasteiger partial charge in [0.05, 0.1) is 5.69 Å². The molecule has 0 bridgehead atoms. The lowest BCUT2D eigenvalue weighted by Crippen LogP contribution is -2.64. The summed E-state index contributed by atoms with van der Waals surface area (Å²) in [6.45, 7) is 7.57. The second-order valence-electron chi connectivity index (χ2n) is 8.64. The van der Waals surface area contributed by atoms with Gasteiger partial charge in [-0.2, -0.15) is 5.26 Å². The van der Waals surface area contributed by atoms with Crippen molar-refractivity contribution in [2.75, 3.05) is 4.90 Å². The van der Waals surface area contributed by atoms with Gasteiger partial charge in [0.1, 0.15) is 35.7 Å². The Hall–Kier alpha value is -3.36. The van der Waals surface area contributed by atoms with E-state index in [2.05, 4.69) is 12.6 Å². The van der Waals surface area contributed by atoms with Gasteiger partial charge in [0.2, 0.25) is 0 Å². The highest BCUT2D eigenvalue weighted by atomic mass is 16.6. The fraction of sp³-hybridized carbons (Fsp3) is 0.391. The molecule has 4 N–H and O–H groups in total. The molecule has 0 aliphatic carbocycles. The van der Waals surface area contributed by atoms with E-state index < -0.39 is 42.2 Å². The van der Waals surface area contributed by atoms with E-state index in [0.29, 0.717) is 16.9 Å². The van der Waals surface area contributed by atoms with E-state index in [9.17, 15) is 30.5 Å². The number of aromatic nitrogens is 1. The van der Waals surface area contributed by atoms with Crippen LogP contribution in [-0.2, 0) is 26.9 Å². The van der Waals surface area contributed by atoms with Crippen LogP contribution < -0.4 is 4.90 Å². The average molecular weight is 455 g/mol. The maximum atomic E-state index is 11.6. The van der Waals surface area contributed by atoms with Crippen LogP contribution in [0, 0.1) is 11.3 Å². The largest absolute Gasteiger partial charge is 0.479 e. The Balaban J connectivity index is 1.81. The molecule has 10 heteroatoms. The summed E-state index contributed by atoms with van der Waals surface area (Å²) >= 11 is 0. The third kappa shape index (κ3) is 3.55. The number of aliphatic carboxylic acids is 1. The van der Waals surface area contributed by atoms with Crippen molar-refractivity contribution in [3.8, 4) is 17.3 Å². The van der Waals surface area contributed by atoms with E-state index in [0.717, 1.165) is 11.3 Å². The van der Waals surface area contributed by atoms with Crippen molar-refractivity contribution < 1.29 is 34.7 Å². The molecule has 0 amide bonds. The van der Waals surface area contributed by atoms with Crippen molar-refractivity contribution in [3.05, 3.63) is 54.1 Å². The molecule has 174 valence electrons. The highest BCUT2D eigenvalue weighted by Gasteiger charge is 2.51. The van der Waals surface area contributed by atoms with E-state index in [1.54, 1.807) is 23.7 Å². The van der Waals surface area contributed by atoms with Gasteiger partial charge in [0, 0.05) is 18.3 Å². The summed E-state index contributed by atoms with van der Waals surface area (Å²) in [7, 11) is 1.79. The number of hydrogen-bond acceptors (Lipinski definition) is 8. The van der Waals surface area contributed by atoms with Crippen LogP contribution in [-0.4, -0.2) is 61.6 Å². The molecule has 5 atom stereocenters. The Kier molecular flexibility index (Phi) is 5.46. The zero-order valence-electron chi connectivity index (χ0n) is 18.3. The van der Waals surface area contributed by atoms with Crippen molar-refractivity contribution in [1.29, 1.82) is 5.26 Å². The highest BCUT2D eigenvalue weighted by Crippen LogP contribution is 2.45. The summed E-state index contributed by atoms with van der Waals surface area (Å²) in [5, 5.41) is 49.6. The quantitative estimate of drug-likeness (QED) is 0.532. The number of carboxylic acids is 1. The number of fused-ring (bicyclic) bond motifs is 1. The zero-order valence-corrected chi connectivity index (χ0v) is 18.3. The molecule has 1 aromatic carbocycles. The smallest absolute Gasteiger partial charge is 0.335 e. The Morgan fingerprint density at radius 3 is 2.45 bits per heavy atom.